The van der Waals surface area contributed by atoms with Crippen molar-refractivity contribution in [1.82, 2.24) is 0 Å². The summed E-state index contributed by atoms with van der Waals surface area (Å²) in [6.45, 7) is 10.4. The Morgan fingerprint density at radius 1 is 0.333 bits per heavy atom. The minimum Gasteiger partial charge on any atom is -0.385 e. The fourth-order valence-corrected chi connectivity index (χ4v) is 7.39. The first-order valence-electron chi connectivity index (χ1n) is 22.7. The summed E-state index contributed by atoms with van der Waals surface area (Å²) in [5.74, 6) is 0. The summed E-state index contributed by atoms with van der Waals surface area (Å²) in [6.07, 6.45) is 41.9. The van der Waals surface area contributed by atoms with Crippen molar-refractivity contribution >= 4 is 22.7 Å². The standard InChI is InChI=1S/C48H85N3/c1-4-7-10-13-16-19-22-25-28-31-42-49-45-34-36-46(37-35-45)50-47-38-40-48(41-39-47)51(43-32-29-26-23-20-17-14-11-8-5-2)44-33-30-27-24-21-18-15-12-9-6-3/h34-41,49-50H,4-33,42-44H2,1-3H3. The molecule has 0 aliphatic carbocycles. The van der Waals surface area contributed by atoms with Crippen molar-refractivity contribution in [2.45, 2.75) is 213 Å². The van der Waals surface area contributed by atoms with E-state index in [1.807, 2.05) is 0 Å². The van der Waals surface area contributed by atoms with Crippen LogP contribution >= 0.6 is 0 Å². The highest BCUT2D eigenvalue weighted by Crippen LogP contribution is 2.24. The van der Waals surface area contributed by atoms with Crippen molar-refractivity contribution in [3.8, 4) is 0 Å². The number of benzene rings is 2. The van der Waals surface area contributed by atoms with Crippen LogP contribution in [0.25, 0.3) is 0 Å². The van der Waals surface area contributed by atoms with E-state index in [4.69, 9.17) is 0 Å². The van der Waals surface area contributed by atoms with Gasteiger partial charge in [-0.05, 0) is 67.8 Å². The molecule has 0 saturated carbocycles. The zero-order valence-corrected chi connectivity index (χ0v) is 34.4. The van der Waals surface area contributed by atoms with Crippen LogP contribution in [0.1, 0.15) is 213 Å². The van der Waals surface area contributed by atoms with Gasteiger partial charge >= 0.3 is 0 Å². The Labute approximate surface area is 318 Å². The Bertz CT molecular complexity index is 961. The van der Waals surface area contributed by atoms with Gasteiger partial charge in [0.15, 0.2) is 0 Å². The monoisotopic (exact) mass is 704 g/mol. The smallest absolute Gasteiger partial charge is 0.0385 e. The van der Waals surface area contributed by atoms with E-state index in [1.54, 1.807) is 0 Å². The second kappa shape index (κ2) is 33.7. The number of hydrogen-bond donors (Lipinski definition) is 2. The SMILES string of the molecule is CCCCCCCCCCCCNc1ccc(Nc2ccc(N(CCCCCCCCCCCC)CCCCCCCCCCCC)cc2)cc1. The molecular formula is C48H85N3. The van der Waals surface area contributed by atoms with Crippen LogP contribution in [0.4, 0.5) is 22.7 Å². The fourth-order valence-electron chi connectivity index (χ4n) is 7.39. The highest BCUT2D eigenvalue weighted by molar-refractivity contribution is 5.64. The number of rotatable bonds is 37. The van der Waals surface area contributed by atoms with Crippen molar-refractivity contribution in [3.05, 3.63) is 48.5 Å². The van der Waals surface area contributed by atoms with Crippen LogP contribution < -0.4 is 15.5 Å². The third-order valence-electron chi connectivity index (χ3n) is 10.8. The van der Waals surface area contributed by atoms with E-state index >= 15 is 0 Å². The van der Waals surface area contributed by atoms with Gasteiger partial charge < -0.3 is 15.5 Å². The van der Waals surface area contributed by atoms with Crippen LogP contribution in [-0.2, 0) is 0 Å². The number of hydrogen-bond acceptors (Lipinski definition) is 3. The van der Waals surface area contributed by atoms with Gasteiger partial charge in [-0.1, -0.05) is 194 Å². The Morgan fingerprint density at radius 2 is 0.627 bits per heavy atom. The molecule has 2 N–H and O–H groups in total. The zero-order valence-electron chi connectivity index (χ0n) is 34.4. The topological polar surface area (TPSA) is 27.3 Å². The first kappa shape index (κ1) is 45.0. The molecule has 0 unspecified atom stereocenters. The van der Waals surface area contributed by atoms with E-state index in [-0.39, 0.29) is 0 Å². The van der Waals surface area contributed by atoms with Crippen molar-refractivity contribution in [2.24, 2.45) is 0 Å². The highest BCUT2D eigenvalue weighted by Gasteiger charge is 2.08. The Hall–Kier alpha value is -2.16. The lowest BCUT2D eigenvalue weighted by Crippen LogP contribution is -2.25. The second-order valence-corrected chi connectivity index (χ2v) is 15.7. The Morgan fingerprint density at radius 3 is 1.00 bits per heavy atom. The van der Waals surface area contributed by atoms with Crippen LogP contribution in [0.5, 0.6) is 0 Å². The van der Waals surface area contributed by atoms with E-state index in [2.05, 4.69) is 84.8 Å². The molecule has 0 aromatic heterocycles. The predicted octanol–water partition coefficient (Wildman–Crippen LogP) is 16.4. The maximum Gasteiger partial charge on any atom is 0.0385 e. The zero-order chi connectivity index (χ0) is 36.3. The first-order chi connectivity index (χ1) is 25.3. The van der Waals surface area contributed by atoms with Crippen molar-refractivity contribution in [1.29, 1.82) is 0 Å². The van der Waals surface area contributed by atoms with E-state index < -0.39 is 0 Å². The van der Waals surface area contributed by atoms with Gasteiger partial charge in [0.05, 0.1) is 0 Å². The molecule has 0 heterocycles. The molecule has 0 saturated heterocycles. The molecule has 292 valence electrons. The van der Waals surface area contributed by atoms with Gasteiger partial charge in [0.2, 0.25) is 0 Å². The highest BCUT2D eigenvalue weighted by atomic mass is 15.1. The number of nitrogens with one attached hydrogen (secondary N) is 2. The van der Waals surface area contributed by atoms with Gasteiger partial charge in [-0.15, -0.1) is 0 Å². The summed E-state index contributed by atoms with van der Waals surface area (Å²) in [5.41, 5.74) is 4.93. The maximum absolute atomic E-state index is 3.64. The van der Waals surface area contributed by atoms with Gasteiger partial charge in [-0.3, -0.25) is 0 Å². The summed E-state index contributed by atoms with van der Waals surface area (Å²) >= 11 is 0. The maximum atomic E-state index is 3.64. The predicted molar refractivity (Wildman–Crippen MR) is 232 cm³/mol. The van der Waals surface area contributed by atoms with Crippen molar-refractivity contribution in [3.63, 3.8) is 0 Å². The molecule has 3 heteroatoms. The summed E-state index contributed by atoms with van der Waals surface area (Å²) in [4.78, 5) is 2.67. The molecule has 2 aromatic carbocycles. The van der Waals surface area contributed by atoms with E-state index in [0.29, 0.717) is 0 Å². The van der Waals surface area contributed by atoms with E-state index in [9.17, 15) is 0 Å². The lowest BCUT2D eigenvalue weighted by molar-refractivity contribution is 0.543. The lowest BCUT2D eigenvalue weighted by Gasteiger charge is -2.25. The van der Waals surface area contributed by atoms with Crippen LogP contribution in [0.15, 0.2) is 48.5 Å². The Kier molecular flexibility index (Phi) is 29.7. The second-order valence-electron chi connectivity index (χ2n) is 15.7. The first-order valence-corrected chi connectivity index (χ1v) is 22.7. The molecule has 0 spiro atoms. The van der Waals surface area contributed by atoms with Crippen LogP contribution in [0.2, 0.25) is 0 Å². The average molecular weight is 704 g/mol. The summed E-state index contributed by atoms with van der Waals surface area (Å²) in [7, 11) is 0. The number of unbranched alkanes of at least 4 members (excludes halogenated alkanes) is 27. The normalized spacial score (nSPS) is 11.3. The van der Waals surface area contributed by atoms with Crippen LogP contribution in [-0.4, -0.2) is 19.6 Å². The van der Waals surface area contributed by atoms with E-state index in [0.717, 1.165) is 12.2 Å². The molecule has 0 fully saturated rings. The third-order valence-corrected chi connectivity index (χ3v) is 10.8. The van der Waals surface area contributed by atoms with Gasteiger partial charge in [0.1, 0.15) is 0 Å². The van der Waals surface area contributed by atoms with Crippen LogP contribution in [0, 0.1) is 0 Å². The molecule has 0 bridgehead atoms. The minimum absolute atomic E-state index is 1.07. The third kappa shape index (κ3) is 25.5. The van der Waals surface area contributed by atoms with Crippen molar-refractivity contribution < 1.29 is 0 Å². The van der Waals surface area contributed by atoms with E-state index in [1.165, 1.54) is 223 Å². The minimum atomic E-state index is 1.07. The lowest BCUT2D eigenvalue weighted by atomic mass is 10.1. The van der Waals surface area contributed by atoms with Crippen molar-refractivity contribution in [2.75, 3.05) is 35.2 Å². The largest absolute Gasteiger partial charge is 0.385 e. The van der Waals surface area contributed by atoms with Gasteiger partial charge in [-0.25, -0.2) is 0 Å². The molecule has 0 aliphatic rings. The number of nitrogens with zero attached hydrogens (tertiary/aromatic N) is 1. The van der Waals surface area contributed by atoms with Gasteiger partial charge in [0.25, 0.3) is 0 Å². The molecular weight excluding hydrogens is 619 g/mol. The molecule has 51 heavy (non-hydrogen) atoms. The average Bonchev–Trinajstić information content (AvgIpc) is 3.15. The molecule has 3 nitrogen and oxygen atoms in total. The molecule has 0 radical (unpaired) electrons. The molecule has 2 rings (SSSR count). The Balaban J connectivity index is 1.71. The molecule has 0 amide bonds. The number of anilines is 4. The van der Waals surface area contributed by atoms with Crippen LogP contribution in [0.3, 0.4) is 0 Å². The summed E-state index contributed by atoms with van der Waals surface area (Å²) in [6, 6.07) is 18.1. The fraction of sp³-hybridized carbons (Fsp3) is 0.750. The van der Waals surface area contributed by atoms with Gasteiger partial charge in [-0.2, -0.15) is 0 Å². The van der Waals surface area contributed by atoms with Gasteiger partial charge in [0, 0.05) is 42.4 Å². The quantitative estimate of drug-likeness (QED) is 0.0686. The molecule has 2 aromatic rings. The summed E-state index contributed by atoms with van der Waals surface area (Å²) < 4.78 is 0. The summed E-state index contributed by atoms with van der Waals surface area (Å²) in [5, 5.41) is 7.27. The molecule has 0 atom stereocenters. The molecule has 0 aliphatic heterocycles.